The third-order valence-corrected chi connectivity index (χ3v) is 7.48. The molecule has 3 N–H and O–H groups in total. The van der Waals surface area contributed by atoms with E-state index >= 15 is 0 Å². The number of alkyl halides is 3. The van der Waals surface area contributed by atoms with Crippen molar-refractivity contribution < 1.29 is 36.3 Å². The highest BCUT2D eigenvalue weighted by Crippen LogP contribution is 2.43. The zero-order valence-corrected chi connectivity index (χ0v) is 23.0. The first-order valence-electron chi connectivity index (χ1n) is 12.6. The molecule has 216 valence electrons. The number of anilines is 1. The molecule has 0 aliphatic carbocycles. The number of carbonyl (C=O) groups is 2. The van der Waals surface area contributed by atoms with E-state index < -0.39 is 29.5 Å². The van der Waals surface area contributed by atoms with Crippen molar-refractivity contribution in [1.29, 1.82) is 0 Å². The summed E-state index contributed by atoms with van der Waals surface area (Å²) in [5.74, 6) is -1.18. The molecule has 0 aliphatic heterocycles. The average Bonchev–Trinajstić information content (AvgIpc) is 3.57. The van der Waals surface area contributed by atoms with Crippen molar-refractivity contribution in [2.24, 2.45) is 5.73 Å². The summed E-state index contributed by atoms with van der Waals surface area (Å²) in [6.07, 6.45) is -4.81. The molecule has 2 aromatic carbocycles. The summed E-state index contributed by atoms with van der Waals surface area (Å²) in [6, 6.07) is 16.0. The van der Waals surface area contributed by atoms with Crippen molar-refractivity contribution in [3.8, 4) is 16.9 Å². The Bertz CT molecular complexity index is 1780. The molecule has 2 amide bonds. The van der Waals surface area contributed by atoms with Crippen LogP contribution < -0.4 is 15.8 Å². The summed E-state index contributed by atoms with van der Waals surface area (Å²) in [5.41, 5.74) is 5.51. The van der Waals surface area contributed by atoms with Crippen LogP contribution >= 0.6 is 11.3 Å². The number of hydrogen-bond acceptors (Lipinski definition) is 6. The van der Waals surface area contributed by atoms with E-state index in [9.17, 15) is 27.2 Å². The van der Waals surface area contributed by atoms with Crippen LogP contribution in [0.25, 0.3) is 21.3 Å². The molecule has 0 fully saturated rings. The lowest BCUT2D eigenvalue weighted by atomic mass is 10.0. The Morgan fingerprint density at radius 1 is 1.05 bits per heavy atom. The number of primary amides is 1. The highest BCUT2D eigenvalue weighted by Gasteiger charge is 2.35. The van der Waals surface area contributed by atoms with Gasteiger partial charge in [0.1, 0.15) is 39.3 Å². The Balaban J connectivity index is 1.47. The maximum atomic E-state index is 13.7. The molecule has 3 aromatic heterocycles. The van der Waals surface area contributed by atoms with Crippen LogP contribution in [-0.2, 0) is 12.8 Å². The molecule has 42 heavy (non-hydrogen) atoms. The van der Waals surface area contributed by atoms with E-state index in [0.717, 1.165) is 23.8 Å². The van der Waals surface area contributed by atoms with Gasteiger partial charge in [0.2, 0.25) is 0 Å². The van der Waals surface area contributed by atoms with E-state index in [1.807, 2.05) is 24.3 Å². The number of carbonyl (C=O) groups excluding carboxylic acids is 2. The Morgan fingerprint density at radius 3 is 2.36 bits per heavy atom. The molecule has 5 rings (SSSR count). The molecule has 0 unspecified atom stereocenters. The number of rotatable bonds is 8. The van der Waals surface area contributed by atoms with Gasteiger partial charge in [-0.3, -0.25) is 9.59 Å². The molecule has 12 heteroatoms. The molecule has 0 saturated carbocycles. The molecule has 0 spiro atoms. The van der Waals surface area contributed by atoms with E-state index in [1.54, 1.807) is 6.07 Å². The number of pyridine rings is 1. The van der Waals surface area contributed by atoms with Crippen molar-refractivity contribution in [2.75, 3.05) is 5.32 Å². The zero-order valence-electron chi connectivity index (χ0n) is 22.2. The van der Waals surface area contributed by atoms with Crippen LogP contribution in [0.1, 0.15) is 57.0 Å². The number of nitrogens with two attached hydrogens (primary N) is 1. The van der Waals surface area contributed by atoms with Gasteiger partial charge in [0.25, 0.3) is 11.8 Å². The first kappa shape index (κ1) is 28.8. The maximum Gasteiger partial charge on any atom is 0.433 e. The fraction of sp³-hybridized carbons (Fsp3) is 0.167. The minimum absolute atomic E-state index is 0.0246. The predicted molar refractivity (Wildman–Crippen MR) is 150 cm³/mol. The quantitative estimate of drug-likeness (QED) is 0.178. The standard InChI is InChI=1S/C30H23F4N3O4S/c1-15(2)16-5-9-19(10-6-16)40-14-20-11-12-22(41-20)28(39)37-25-24-21(17-3-7-18(31)8-4-17)13-23(30(32,33)34)36-29(24)42-26(25)27(35)38/h3-13,15H,14H2,1-2H3,(H2,35,38)(H,37,39). The molecule has 0 radical (unpaired) electrons. The van der Waals surface area contributed by atoms with Gasteiger partial charge in [-0.25, -0.2) is 9.37 Å². The molecular formula is C30H23F4N3O4S. The Labute approximate surface area is 240 Å². The fourth-order valence-electron chi connectivity index (χ4n) is 4.25. The van der Waals surface area contributed by atoms with Crippen LogP contribution in [0, 0.1) is 5.82 Å². The number of furan rings is 1. The number of nitrogens with one attached hydrogen (secondary N) is 1. The second kappa shape index (κ2) is 11.3. The maximum absolute atomic E-state index is 13.7. The molecule has 0 atom stereocenters. The number of amides is 2. The van der Waals surface area contributed by atoms with Gasteiger partial charge in [0.05, 0.1) is 5.69 Å². The number of fused-ring (bicyclic) bond motifs is 1. The number of thiophene rings is 1. The van der Waals surface area contributed by atoms with Crippen molar-refractivity contribution >= 4 is 39.1 Å². The number of hydrogen-bond donors (Lipinski definition) is 2. The average molecular weight is 598 g/mol. The summed E-state index contributed by atoms with van der Waals surface area (Å²) in [7, 11) is 0. The SMILES string of the molecule is CC(C)c1ccc(OCc2ccc(C(=O)Nc3c(C(N)=O)sc4nc(C(F)(F)F)cc(-c5ccc(F)cc5)c34)o2)cc1. The Hall–Kier alpha value is -4.71. The minimum atomic E-state index is -4.81. The fourth-order valence-corrected chi connectivity index (χ4v) is 5.26. The molecule has 0 aliphatic rings. The summed E-state index contributed by atoms with van der Waals surface area (Å²) < 4.78 is 66.0. The lowest BCUT2D eigenvalue weighted by molar-refractivity contribution is -0.140. The number of aromatic nitrogens is 1. The van der Waals surface area contributed by atoms with Crippen LogP contribution in [0.3, 0.4) is 0 Å². The van der Waals surface area contributed by atoms with Crippen molar-refractivity contribution in [1.82, 2.24) is 4.98 Å². The molecule has 5 aromatic rings. The molecule has 7 nitrogen and oxygen atoms in total. The molecule has 3 heterocycles. The van der Waals surface area contributed by atoms with Crippen LogP contribution in [0.15, 0.2) is 71.1 Å². The van der Waals surface area contributed by atoms with Gasteiger partial charge in [0, 0.05) is 5.39 Å². The predicted octanol–water partition coefficient (Wildman–Crippen LogP) is 7.77. The van der Waals surface area contributed by atoms with Crippen molar-refractivity contribution in [3.63, 3.8) is 0 Å². The molecule has 0 bridgehead atoms. The van der Waals surface area contributed by atoms with Gasteiger partial charge in [-0.15, -0.1) is 11.3 Å². The van der Waals surface area contributed by atoms with E-state index in [1.165, 1.54) is 18.2 Å². The zero-order chi connectivity index (χ0) is 30.2. The van der Waals surface area contributed by atoms with Crippen molar-refractivity contribution in [3.05, 3.63) is 100 Å². The number of halogens is 4. The lowest BCUT2D eigenvalue weighted by Gasteiger charge is -2.12. The van der Waals surface area contributed by atoms with Crippen LogP contribution in [0.2, 0.25) is 0 Å². The van der Waals surface area contributed by atoms with E-state index in [0.29, 0.717) is 28.8 Å². The first-order chi connectivity index (χ1) is 19.9. The minimum Gasteiger partial charge on any atom is -0.486 e. The van der Waals surface area contributed by atoms with Gasteiger partial charge in [0.15, 0.2) is 5.76 Å². The monoisotopic (exact) mass is 597 g/mol. The normalized spacial score (nSPS) is 11.7. The van der Waals surface area contributed by atoms with Crippen molar-refractivity contribution in [2.45, 2.75) is 32.5 Å². The lowest BCUT2D eigenvalue weighted by Crippen LogP contribution is -2.16. The highest BCUT2D eigenvalue weighted by molar-refractivity contribution is 7.21. The van der Waals surface area contributed by atoms with Gasteiger partial charge in [-0.1, -0.05) is 38.1 Å². The number of benzene rings is 2. The van der Waals surface area contributed by atoms with Gasteiger partial charge in [-0.05, 0) is 65.1 Å². The largest absolute Gasteiger partial charge is 0.486 e. The van der Waals surface area contributed by atoms with E-state index in [4.69, 9.17) is 14.9 Å². The Morgan fingerprint density at radius 2 is 1.74 bits per heavy atom. The molecule has 0 saturated heterocycles. The van der Waals surface area contributed by atoms with E-state index in [2.05, 4.69) is 24.1 Å². The second-order valence-corrected chi connectivity index (χ2v) is 10.6. The van der Waals surface area contributed by atoms with Gasteiger partial charge in [-0.2, -0.15) is 13.2 Å². The second-order valence-electron chi connectivity index (χ2n) is 9.64. The summed E-state index contributed by atoms with van der Waals surface area (Å²) in [6.45, 7) is 4.19. The third kappa shape index (κ3) is 5.98. The number of ether oxygens (including phenoxy) is 1. The molecular weight excluding hydrogens is 574 g/mol. The summed E-state index contributed by atoms with van der Waals surface area (Å²) >= 11 is 0.600. The van der Waals surface area contributed by atoms with Crippen LogP contribution in [-0.4, -0.2) is 16.8 Å². The van der Waals surface area contributed by atoms with E-state index in [-0.39, 0.29) is 44.3 Å². The van der Waals surface area contributed by atoms with Crippen LogP contribution in [0.4, 0.5) is 23.2 Å². The number of nitrogens with zero attached hydrogens (tertiary/aromatic N) is 1. The van der Waals surface area contributed by atoms with Gasteiger partial charge >= 0.3 is 6.18 Å². The first-order valence-corrected chi connectivity index (χ1v) is 13.5. The smallest absolute Gasteiger partial charge is 0.433 e. The third-order valence-electron chi connectivity index (χ3n) is 6.38. The van der Waals surface area contributed by atoms with Crippen LogP contribution in [0.5, 0.6) is 5.75 Å². The summed E-state index contributed by atoms with van der Waals surface area (Å²) in [5, 5.41) is 2.60. The topological polar surface area (TPSA) is 107 Å². The summed E-state index contributed by atoms with van der Waals surface area (Å²) in [4.78, 5) is 28.8. The van der Waals surface area contributed by atoms with Gasteiger partial charge < -0.3 is 20.2 Å². The highest BCUT2D eigenvalue weighted by atomic mass is 32.1. The Kier molecular flexibility index (Phi) is 7.74.